The van der Waals surface area contributed by atoms with E-state index in [9.17, 15) is 14.9 Å². The van der Waals surface area contributed by atoms with Crippen LogP contribution in [-0.2, 0) is 0 Å². The van der Waals surface area contributed by atoms with Crippen LogP contribution in [0.4, 0.5) is 5.69 Å². The normalized spacial score (nSPS) is 10.2. The van der Waals surface area contributed by atoms with Gasteiger partial charge in [-0.25, -0.2) is 4.79 Å². The molecule has 6 heteroatoms. The molecule has 0 unspecified atom stereocenters. The van der Waals surface area contributed by atoms with Crippen molar-refractivity contribution in [3.63, 3.8) is 0 Å². The van der Waals surface area contributed by atoms with Crippen molar-refractivity contribution in [3.05, 3.63) is 63.2 Å². The van der Waals surface area contributed by atoms with E-state index in [0.29, 0.717) is 22.6 Å². The Kier molecular flexibility index (Phi) is 3.89. The lowest BCUT2D eigenvalue weighted by Crippen LogP contribution is -2.00. The van der Waals surface area contributed by atoms with Gasteiger partial charge in [0.2, 0.25) is 0 Å². The molecule has 0 aliphatic carbocycles. The molecule has 0 aliphatic rings. The highest BCUT2D eigenvalue weighted by molar-refractivity contribution is 5.88. The van der Waals surface area contributed by atoms with Gasteiger partial charge < -0.3 is 9.84 Å². The lowest BCUT2D eigenvalue weighted by atomic mass is 10.1. The van der Waals surface area contributed by atoms with Crippen molar-refractivity contribution < 1.29 is 19.6 Å². The van der Waals surface area contributed by atoms with E-state index in [1.54, 1.807) is 13.8 Å². The first kappa shape index (κ1) is 14.5. The molecule has 0 amide bonds. The Hall–Kier alpha value is -2.89. The molecule has 0 heterocycles. The molecular formula is C15H13NO5. The molecule has 0 fully saturated rings. The Morgan fingerprint density at radius 2 is 1.67 bits per heavy atom. The SMILES string of the molecule is Cc1cc(C(=O)O)cc(C)c1Oc1ccc([N+](=O)[O-])cc1. The molecule has 6 nitrogen and oxygen atoms in total. The van der Waals surface area contributed by atoms with Crippen LogP contribution in [0.25, 0.3) is 0 Å². The highest BCUT2D eigenvalue weighted by Crippen LogP contribution is 2.30. The van der Waals surface area contributed by atoms with E-state index in [2.05, 4.69) is 0 Å². The molecule has 21 heavy (non-hydrogen) atoms. The molecule has 1 N–H and O–H groups in total. The first-order chi connectivity index (χ1) is 9.88. The maximum atomic E-state index is 11.0. The molecule has 2 aromatic rings. The zero-order valence-corrected chi connectivity index (χ0v) is 11.5. The molecule has 0 atom stereocenters. The van der Waals surface area contributed by atoms with E-state index in [1.165, 1.54) is 36.4 Å². The standard InChI is InChI=1S/C15H13NO5/c1-9-7-11(15(17)18)8-10(2)14(9)21-13-5-3-12(4-6-13)16(19)20/h3-8H,1-2H3,(H,17,18). The smallest absolute Gasteiger partial charge is 0.335 e. The third-order valence-electron chi connectivity index (χ3n) is 2.97. The van der Waals surface area contributed by atoms with Gasteiger partial charge in [0.15, 0.2) is 0 Å². The summed E-state index contributed by atoms with van der Waals surface area (Å²) in [7, 11) is 0. The van der Waals surface area contributed by atoms with Crippen LogP contribution < -0.4 is 4.74 Å². The molecule has 0 aromatic heterocycles. The Bertz CT molecular complexity index is 683. The first-order valence-corrected chi connectivity index (χ1v) is 6.15. The minimum Gasteiger partial charge on any atom is -0.478 e. The Labute approximate surface area is 120 Å². The number of hydrogen-bond donors (Lipinski definition) is 1. The van der Waals surface area contributed by atoms with E-state index in [0.717, 1.165) is 0 Å². The molecule has 0 saturated carbocycles. The number of carboxylic acid groups (broad SMARTS) is 1. The summed E-state index contributed by atoms with van der Waals surface area (Å²) in [4.78, 5) is 21.1. The predicted octanol–water partition coefficient (Wildman–Crippen LogP) is 3.70. The second kappa shape index (κ2) is 5.62. The fourth-order valence-electron chi connectivity index (χ4n) is 1.99. The van der Waals surface area contributed by atoms with Crippen LogP contribution in [0.2, 0.25) is 0 Å². The summed E-state index contributed by atoms with van der Waals surface area (Å²) in [6.45, 7) is 3.50. The lowest BCUT2D eigenvalue weighted by Gasteiger charge is -2.12. The predicted molar refractivity (Wildman–Crippen MR) is 76.0 cm³/mol. The van der Waals surface area contributed by atoms with Crippen molar-refractivity contribution >= 4 is 11.7 Å². The van der Waals surface area contributed by atoms with Crippen LogP contribution in [-0.4, -0.2) is 16.0 Å². The van der Waals surface area contributed by atoms with E-state index in [4.69, 9.17) is 9.84 Å². The number of nitro groups is 1. The second-order valence-corrected chi connectivity index (χ2v) is 4.60. The molecular weight excluding hydrogens is 274 g/mol. The van der Waals surface area contributed by atoms with Crippen molar-refractivity contribution in [3.8, 4) is 11.5 Å². The number of rotatable bonds is 4. The number of nitro benzene ring substituents is 1. The number of nitrogens with zero attached hydrogens (tertiary/aromatic N) is 1. The number of aryl methyl sites for hydroxylation is 2. The number of ether oxygens (including phenoxy) is 1. The third-order valence-corrected chi connectivity index (χ3v) is 2.97. The Morgan fingerprint density at radius 3 is 2.10 bits per heavy atom. The van der Waals surface area contributed by atoms with Gasteiger partial charge in [-0.3, -0.25) is 10.1 Å². The monoisotopic (exact) mass is 287 g/mol. The summed E-state index contributed by atoms with van der Waals surface area (Å²) in [6.07, 6.45) is 0. The van der Waals surface area contributed by atoms with Crippen molar-refractivity contribution in [2.75, 3.05) is 0 Å². The summed E-state index contributed by atoms with van der Waals surface area (Å²) in [6, 6.07) is 8.76. The molecule has 2 aromatic carbocycles. The summed E-state index contributed by atoms with van der Waals surface area (Å²) in [5.74, 6) is 0.00631. The maximum absolute atomic E-state index is 11.0. The number of non-ortho nitro benzene ring substituents is 1. The molecule has 108 valence electrons. The second-order valence-electron chi connectivity index (χ2n) is 4.60. The minimum atomic E-state index is -0.997. The number of carbonyl (C=O) groups is 1. The van der Waals surface area contributed by atoms with E-state index < -0.39 is 10.9 Å². The van der Waals surface area contributed by atoms with Crippen molar-refractivity contribution in [1.29, 1.82) is 0 Å². The average molecular weight is 287 g/mol. The average Bonchev–Trinajstić information content (AvgIpc) is 2.43. The maximum Gasteiger partial charge on any atom is 0.335 e. The van der Waals surface area contributed by atoms with Crippen molar-refractivity contribution in [1.82, 2.24) is 0 Å². The molecule has 0 spiro atoms. The van der Waals surface area contributed by atoms with Crippen LogP contribution in [0.3, 0.4) is 0 Å². The zero-order chi connectivity index (χ0) is 15.6. The fraction of sp³-hybridized carbons (Fsp3) is 0.133. The van der Waals surface area contributed by atoms with E-state index >= 15 is 0 Å². The van der Waals surface area contributed by atoms with Crippen molar-refractivity contribution in [2.24, 2.45) is 0 Å². The highest BCUT2D eigenvalue weighted by atomic mass is 16.6. The number of benzene rings is 2. The number of aromatic carboxylic acids is 1. The molecule has 0 bridgehead atoms. The third kappa shape index (κ3) is 3.17. The number of carboxylic acids is 1. The van der Waals surface area contributed by atoms with Gasteiger partial charge in [-0.1, -0.05) is 0 Å². The largest absolute Gasteiger partial charge is 0.478 e. The first-order valence-electron chi connectivity index (χ1n) is 6.15. The van der Waals surface area contributed by atoms with Gasteiger partial charge in [0.1, 0.15) is 11.5 Å². The van der Waals surface area contributed by atoms with Gasteiger partial charge in [0.25, 0.3) is 5.69 Å². The Morgan fingerprint density at radius 1 is 1.14 bits per heavy atom. The summed E-state index contributed by atoms with van der Waals surface area (Å²) >= 11 is 0. The Balaban J connectivity index is 2.31. The summed E-state index contributed by atoms with van der Waals surface area (Å²) < 4.78 is 5.69. The van der Waals surface area contributed by atoms with Gasteiger partial charge in [-0.2, -0.15) is 0 Å². The fourth-order valence-corrected chi connectivity index (χ4v) is 1.99. The lowest BCUT2D eigenvalue weighted by molar-refractivity contribution is -0.384. The van der Waals surface area contributed by atoms with Gasteiger partial charge in [0.05, 0.1) is 10.5 Å². The quantitative estimate of drug-likeness (QED) is 0.684. The molecule has 0 aliphatic heterocycles. The van der Waals surface area contributed by atoms with Crippen LogP contribution in [0, 0.1) is 24.0 Å². The summed E-state index contributed by atoms with van der Waals surface area (Å²) in [5.41, 5.74) is 1.55. The molecule has 2 rings (SSSR count). The van der Waals surface area contributed by atoms with Crippen LogP contribution in [0.15, 0.2) is 36.4 Å². The van der Waals surface area contributed by atoms with Gasteiger partial charge in [-0.15, -0.1) is 0 Å². The molecule has 0 saturated heterocycles. The van der Waals surface area contributed by atoms with E-state index in [1.807, 2.05) is 0 Å². The van der Waals surface area contributed by atoms with Crippen LogP contribution >= 0.6 is 0 Å². The van der Waals surface area contributed by atoms with Gasteiger partial charge in [-0.05, 0) is 49.2 Å². The highest BCUT2D eigenvalue weighted by Gasteiger charge is 2.12. The van der Waals surface area contributed by atoms with E-state index in [-0.39, 0.29) is 11.3 Å². The van der Waals surface area contributed by atoms with Crippen LogP contribution in [0.5, 0.6) is 11.5 Å². The minimum absolute atomic E-state index is 0.0166. The van der Waals surface area contributed by atoms with Gasteiger partial charge in [0, 0.05) is 12.1 Å². The van der Waals surface area contributed by atoms with Crippen LogP contribution in [0.1, 0.15) is 21.5 Å². The van der Waals surface area contributed by atoms with Crippen molar-refractivity contribution in [2.45, 2.75) is 13.8 Å². The molecule has 0 radical (unpaired) electrons. The summed E-state index contributed by atoms with van der Waals surface area (Å²) in [5, 5.41) is 19.6. The topological polar surface area (TPSA) is 89.7 Å². The van der Waals surface area contributed by atoms with Gasteiger partial charge >= 0.3 is 5.97 Å². The zero-order valence-electron chi connectivity index (χ0n) is 11.5. The number of hydrogen-bond acceptors (Lipinski definition) is 4.